The maximum atomic E-state index is 12.3. The molecule has 2 aliphatic heterocycles. The van der Waals surface area contributed by atoms with Crippen LogP contribution in [0.3, 0.4) is 0 Å². The lowest BCUT2D eigenvalue weighted by Gasteiger charge is -2.42. The van der Waals surface area contributed by atoms with Gasteiger partial charge in [0.25, 0.3) is 5.56 Å². The van der Waals surface area contributed by atoms with E-state index >= 15 is 0 Å². The smallest absolute Gasteiger partial charge is 0.346 e. The van der Waals surface area contributed by atoms with Crippen molar-refractivity contribution in [3.63, 3.8) is 0 Å². The highest BCUT2D eigenvalue weighted by Crippen LogP contribution is 2.38. The average Bonchev–Trinajstić information content (AvgIpc) is 3.03. The number of anilines is 2. The third-order valence-corrected chi connectivity index (χ3v) is 5.54. The topological polar surface area (TPSA) is 80.1 Å². The number of halogens is 3. The molecular formula is C15H14F3N5O2S. The third-order valence-electron chi connectivity index (χ3n) is 4.64. The molecule has 0 saturated carbocycles. The van der Waals surface area contributed by atoms with E-state index in [1.807, 2.05) is 11.0 Å². The molecule has 2 bridgehead atoms. The van der Waals surface area contributed by atoms with Crippen LogP contribution in [0.25, 0.3) is 0 Å². The second-order valence-corrected chi connectivity index (χ2v) is 7.40. The molecule has 0 spiro atoms. The predicted octanol–water partition coefficient (Wildman–Crippen LogP) is 1.82. The molecule has 4 heterocycles. The van der Waals surface area contributed by atoms with Crippen molar-refractivity contribution in [1.82, 2.24) is 14.8 Å². The van der Waals surface area contributed by atoms with E-state index in [4.69, 9.17) is 0 Å². The minimum atomic E-state index is -4.97. The van der Waals surface area contributed by atoms with Gasteiger partial charge in [-0.25, -0.2) is 0 Å². The Labute approximate surface area is 149 Å². The lowest BCUT2D eigenvalue weighted by atomic mass is 9.83. The molecule has 1 amide bonds. The number of hydrogen-bond donors (Lipinski definition) is 1. The Morgan fingerprint density at radius 3 is 2.81 bits per heavy atom. The van der Waals surface area contributed by atoms with E-state index in [0.717, 1.165) is 23.5 Å². The van der Waals surface area contributed by atoms with E-state index in [1.54, 1.807) is 22.0 Å². The summed E-state index contributed by atoms with van der Waals surface area (Å²) in [5, 5.41) is 9.56. The van der Waals surface area contributed by atoms with Gasteiger partial charge in [0.15, 0.2) is 0 Å². The van der Waals surface area contributed by atoms with Crippen molar-refractivity contribution in [3.05, 3.63) is 34.2 Å². The van der Waals surface area contributed by atoms with Gasteiger partial charge in [0, 0.05) is 37.3 Å². The molecule has 0 aliphatic carbocycles. The highest BCUT2D eigenvalue weighted by atomic mass is 32.1. The molecule has 2 aromatic heterocycles. The number of amides is 1. The van der Waals surface area contributed by atoms with Gasteiger partial charge in [-0.2, -0.15) is 13.2 Å². The highest BCUT2D eigenvalue weighted by molar-refractivity contribution is 7.19. The van der Waals surface area contributed by atoms with Crippen LogP contribution in [0.15, 0.2) is 23.0 Å². The first-order chi connectivity index (χ1) is 12.3. The van der Waals surface area contributed by atoms with E-state index in [1.165, 1.54) is 0 Å². The number of nitrogens with one attached hydrogen (secondary N) is 1. The molecule has 2 unspecified atom stereocenters. The van der Waals surface area contributed by atoms with Crippen LogP contribution < -0.4 is 15.8 Å². The van der Waals surface area contributed by atoms with Crippen LogP contribution in [-0.2, 0) is 11.3 Å². The third kappa shape index (κ3) is 3.06. The van der Waals surface area contributed by atoms with Crippen molar-refractivity contribution in [2.45, 2.75) is 25.1 Å². The van der Waals surface area contributed by atoms with Crippen molar-refractivity contribution in [1.29, 1.82) is 0 Å². The maximum Gasteiger partial charge on any atom is 0.471 e. The van der Waals surface area contributed by atoms with Gasteiger partial charge in [-0.05, 0) is 18.4 Å². The first-order valence-electron chi connectivity index (χ1n) is 7.97. The fourth-order valence-electron chi connectivity index (χ4n) is 3.61. The van der Waals surface area contributed by atoms with Gasteiger partial charge < -0.3 is 9.47 Å². The highest BCUT2D eigenvalue weighted by Gasteiger charge is 2.40. The molecule has 2 aliphatic rings. The Bertz CT molecular complexity index is 909. The number of pyridine rings is 1. The molecule has 1 N–H and O–H groups in total. The summed E-state index contributed by atoms with van der Waals surface area (Å²) in [6.07, 6.45) is -4.01. The van der Waals surface area contributed by atoms with Gasteiger partial charge >= 0.3 is 12.1 Å². The summed E-state index contributed by atoms with van der Waals surface area (Å²) in [7, 11) is 0. The summed E-state index contributed by atoms with van der Waals surface area (Å²) < 4.78 is 38.8. The molecule has 2 atom stereocenters. The van der Waals surface area contributed by atoms with E-state index < -0.39 is 12.1 Å². The normalized spacial score (nSPS) is 22.0. The Balaban J connectivity index is 1.53. The number of hydrogen-bond acceptors (Lipinski definition) is 6. The Morgan fingerprint density at radius 2 is 2.04 bits per heavy atom. The Morgan fingerprint density at radius 1 is 1.23 bits per heavy atom. The van der Waals surface area contributed by atoms with Crippen LogP contribution in [0, 0.1) is 5.92 Å². The summed E-state index contributed by atoms with van der Waals surface area (Å²) in [6, 6.07) is 5.21. The Kier molecular flexibility index (Phi) is 3.98. The second-order valence-electron chi connectivity index (χ2n) is 6.44. The van der Waals surface area contributed by atoms with E-state index in [9.17, 15) is 22.8 Å². The summed E-state index contributed by atoms with van der Waals surface area (Å²) >= 11 is 0.910. The zero-order valence-corrected chi connectivity index (χ0v) is 14.2. The van der Waals surface area contributed by atoms with Crippen LogP contribution in [0.2, 0.25) is 0 Å². The van der Waals surface area contributed by atoms with Crippen molar-refractivity contribution < 1.29 is 18.0 Å². The fraction of sp³-hybridized carbons (Fsp3) is 0.467. The Hall–Kier alpha value is -2.43. The van der Waals surface area contributed by atoms with Gasteiger partial charge in [-0.3, -0.25) is 14.9 Å². The summed E-state index contributed by atoms with van der Waals surface area (Å²) in [4.78, 5) is 25.0. The number of rotatable bonds is 2. The largest absolute Gasteiger partial charge is 0.471 e. The fourth-order valence-corrected chi connectivity index (χ4v) is 4.37. The van der Waals surface area contributed by atoms with Crippen molar-refractivity contribution in [3.8, 4) is 0 Å². The lowest BCUT2D eigenvalue weighted by Crippen LogP contribution is -2.47. The van der Waals surface area contributed by atoms with Gasteiger partial charge in [0.05, 0.1) is 0 Å². The predicted molar refractivity (Wildman–Crippen MR) is 88.4 cm³/mol. The van der Waals surface area contributed by atoms with Gasteiger partial charge in [-0.15, -0.1) is 10.2 Å². The maximum absolute atomic E-state index is 12.3. The molecule has 0 radical (unpaired) electrons. The number of nitrogens with zero attached hydrogens (tertiary/aromatic N) is 4. The van der Waals surface area contributed by atoms with Gasteiger partial charge in [-0.1, -0.05) is 17.4 Å². The first-order valence-corrected chi connectivity index (χ1v) is 8.79. The molecule has 26 heavy (non-hydrogen) atoms. The zero-order chi connectivity index (χ0) is 18.5. The molecule has 4 rings (SSSR count). The molecular weight excluding hydrogens is 371 g/mol. The molecule has 7 nitrogen and oxygen atoms in total. The quantitative estimate of drug-likeness (QED) is 0.853. The van der Waals surface area contributed by atoms with Crippen molar-refractivity contribution in [2.75, 3.05) is 23.3 Å². The van der Waals surface area contributed by atoms with E-state index in [-0.39, 0.29) is 22.5 Å². The second kappa shape index (κ2) is 6.08. The monoisotopic (exact) mass is 385 g/mol. The molecule has 138 valence electrons. The number of alkyl halides is 3. The number of fused-ring (bicyclic) bond motifs is 4. The van der Waals surface area contributed by atoms with Gasteiger partial charge in [0.1, 0.15) is 0 Å². The molecule has 0 aromatic carbocycles. The van der Waals surface area contributed by atoms with Crippen LogP contribution in [-0.4, -0.2) is 39.9 Å². The average molecular weight is 385 g/mol. The van der Waals surface area contributed by atoms with Crippen molar-refractivity contribution >= 4 is 27.5 Å². The van der Waals surface area contributed by atoms with Gasteiger partial charge in [0.2, 0.25) is 10.3 Å². The molecule has 2 aromatic rings. The number of carbonyl (C=O) groups excluding carboxylic acids is 1. The van der Waals surface area contributed by atoms with Crippen LogP contribution >= 0.6 is 11.3 Å². The number of aromatic nitrogens is 3. The first kappa shape index (κ1) is 17.0. The molecule has 1 fully saturated rings. The van der Waals surface area contributed by atoms with Crippen LogP contribution in [0.4, 0.5) is 23.4 Å². The van der Waals surface area contributed by atoms with Crippen LogP contribution in [0.5, 0.6) is 0 Å². The van der Waals surface area contributed by atoms with E-state index in [0.29, 0.717) is 24.8 Å². The summed E-state index contributed by atoms with van der Waals surface area (Å²) in [5.74, 6) is -1.67. The SMILES string of the molecule is O=C(Nc1nnc(N2CC3CC(C2)c2cccc(=O)n2C3)s1)C(F)(F)F. The standard InChI is InChI=1S/C15H14F3N5O2S/c16-15(17,18)12(25)19-13-20-21-14(26-13)22-5-8-4-9(7-22)10-2-1-3-11(24)23(10)6-8/h1-3,8-9H,4-7H2,(H,19,20,25). The lowest BCUT2D eigenvalue weighted by molar-refractivity contribution is -0.167. The van der Waals surface area contributed by atoms with Crippen LogP contribution in [0.1, 0.15) is 18.0 Å². The summed E-state index contributed by atoms with van der Waals surface area (Å²) in [5.41, 5.74) is 0.951. The number of carbonyl (C=O) groups is 1. The summed E-state index contributed by atoms with van der Waals surface area (Å²) in [6.45, 7) is 1.85. The molecule has 11 heteroatoms. The minimum Gasteiger partial charge on any atom is -0.346 e. The van der Waals surface area contributed by atoms with Crippen molar-refractivity contribution in [2.24, 2.45) is 5.92 Å². The zero-order valence-electron chi connectivity index (χ0n) is 13.4. The number of piperidine rings is 1. The molecule has 1 saturated heterocycles. The minimum absolute atomic E-state index is 0.0151. The van der Waals surface area contributed by atoms with E-state index in [2.05, 4.69) is 10.2 Å².